The quantitative estimate of drug-likeness (QED) is 0.550. The summed E-state index contributed by atoms with van der Waals surface area (Å²) in [5.41, 5.74) is 4.50. The lowest BCUT2D eigenvalue weighted by molar-refractivity contribution is -0.103. The number of hydrogen-bond acceptors (Lipinski definition) is 4. The van der Waals surface area contributed by atoms with Crippen LogP contribution in [0.25, 0.3) is 17.0 Å². The van der Waals surface area contributed by atoms with Crippen molar-refractivity contribution >= 4 is 12.1 Å². The van der Waals surface area contributed by atoms with E-state index in [-0.39, 0.29) is 0 Å². The van der Waals surface area contributed by atoms with Gasteiger partial charge in [0.15, 0.2) is 6.29 Å². The monoisotopic (exact) mass is 319 g/mol. The lowest BCUT2D eigenvalue weighted by atomic mass is 10.1. The molecular formula is C19H17N3O2. The minimum Gasteiger partial charge on any atom is -0.481 e. The zero-order valence-corrected chi connectivity index (χ0v) is 13.8. The number of carbonyl (C=O) groups excluding carboxylic acids is 1. The zero-order chi connectivity index (χ0) is 17.1. The van der Waals surface area contributed by atoms with E-state index < -0.39 is 0 Å². The van der Waals surface area contributed by atoms with Crippen molar-refractivity contribution in [3.63, 3.8) is 0 Å². The maximum Gasteiger partial charge on any atom is 0.237 e. The Kier molecular flexibility index (Phi) is 4.30. The summed E-state index contributed by atoms with van der Waals surface area (Å²) in [4.78, 5) is 19.6. The van der Waals surface area contributed by atoms with E-state index in [1.54, 1.807) is 7.11 Å². The van der Waals surface area contributed by atoms with Gasteiger partial charge < -0.3 is 4.74 Å². The molecule has 3 rings (SSSR count). The molecule has 1 aromatic carbocycles. The van der Waals surface area contributed by atoms with E-state index in [9.17, 15) is 4.79 Å². The van der Waals surface area contributed by atoms with E-state index in [1.807, 2.05) is 41.8 Å². The summed E-state index contributed by atoms with van der Waals surface area (Å²) in [5, 5.41) is 0. The molecule has 2 aromatic heterocycles. The predicted molar refractivity (Wildman–Crippen MR) is 92.0 cm³/mol. The first-order valence-corrected chi connectivity index (χ1v) is 7.66. The van der Waals surface area contributed by atoms with Gasteiger partial charge in [-0.2, -0.15) is 4.98 Å². The molecule has 0 fully saturated rings. The lowest BCUT2D eigenvalue weighted by Gasteiger charge is -2.10. The van der Waals surface area contributed by atoms with Crippen LogP contribution in [0.5, 0.6) is 5.88 Å². The number of aryl methyl sites for hydroxylation is 1. The largest absolute Gasteiger partial charge is 0.481 e. The van der Waals surface area contributed by atoms with Crippen molar-refractivity contribution in [2.75, 3.05) is 7.11 Å². The fraction of sp³-hybridized carbons (Fsp3) is 0.211. The Labute approximate surface area is 140 Å². The van der Waals surface area contributed by atoms with Crippen molar-refractivity contribution in [2.24, 2.45) is 0 Å². The summed E-state index contributed by atoms with van der Waals surface area (Å²) in [6, 6.07) is 7.61. The summed E-state index contributed by atoms with van der Waals surface area (Å²) in [6.45, 7) is 4.10. The summed E-state index contributed by atoms with van der Waals surface area (Å²) in [5.74, 6) is 6.49. The molecule has 0 atom stereocenters. The van der Waals surface area contributed by atoms with Gasteiger partial charge in [-0.25, -0.2) is 4.98 Å². The smallest absolute Gasteiger partial charge is 0.237 e. The van der Waals surface area contributed by atoms with Gasteiger partial charge in [-0.05, 0) is 25.3 Å². The molecule has 0 aliphatic heterocycles. The molecule has 24 heavy (non-hydrogen) atoms. The Morgan fingerprint density at radius 3 is 2.79 bits per heavy atom. The first kappa shape index (κ1) is 15.8. The highest BCUT2D eigenvalue weighted by Gasteiger charge is 2.15. The van der Waals surface area contributed by atoms with Crippen molar-refractivity contribution in [1.29, 1.82) is 0 Å². The van der Waals surface area contributed by atoms with Gasteiger partial charge in [-0.15, -0.1) is 0 Å². The van der Waals surface area contributed by atoms with E-state index in [1.165, 1.54) is 0 Å². The van der Waals surface area contributed by atoms with Gasteiger partial charge in [0.25, 0.3) is 0 Å². The number of carbonyl (C=O) groups is 1. The average molecular weight is 319 g/mol. The van der Waals surface area contributed by atoms with Crippen LogP contribution in [0.1, 0.15) is 23.7 Å². The van der Waals surface area contributed by atoms with Crippen LogP contribution in [-0.4, -0.2) is 27.8 Å². The molecule has 0 aliphatic rings. The predicted octanol–water partition coefficient (Wildman–Crippen LogP) is 2.83. The van der Waals surface area contributed by atoms with Gasteiger partial charge in [0.1, 0.15) is 0 Å². The van der Waals surface area contributed by atoms with Gasteiger partial charge in [0.05, 0.1) is 12.8 Å². The third-order valence-corrected chi connectivity index (χ3v) is 3.96. The van der Waals surface area contributed by atoms with Crippen LogP contribution in [0.15, 0.2) is 30.5 Å². The molecule has 0 bridgehead atoms. The third-order valence-electron chi connectivity index (χ3n) is 3.96. The van der Waals surface area contributed by atoms with Crippen molar-refractivity contribution in [2.45, 2.75) is 20.3 Å². The van der Waals surface area contributed by atoms with Gasteiger partial charge in [-0.3, -0.25) is 9.20 Å². The number of fused-ring (bicyclic) bond motifs is 1. The number of ether oxygens (including phenoxy) is 1. The molecule has 0 spiro atoms. The molecule has 0 N–H and O–H groups in total. The van der Waals surface area contributed by atoms with E-state index in [0.717, 1.165) is 34.5 Å². The normalized spacial score (nSPS) is 10.3. The van der Waals surface area contributed by atoms with E-state index in [4.69, 9.17) is 4.74 Å². The maximum atomic E-state index is 10.5. The van der Waals surface area contributed by atoms with Crippen LogP contribution in [0.4, 0.5) is 0 Å². The van der Waals surface area contributed by atoms with Gasteiger partial charge in [0, 0.05) is 28.6 Å². The van der Waals surface area contributed by atoms with Crippen LogP contribution >= 0.6 is 0 Å². The number of aldehydes is 1. The van der Waals surface area contributed by atoms with Crippen LogP contribution in [0.2, 0.25) is 0 Å². The maximum absolute atomic E-state index is 10.5. The minimum atomic E-state index is 0.578. The Morgan fingerprint density at radius 2 is 2.08 bits per heavy atom. The summed E-state index contributed by atoms with van der Waals surface area (Å²) in [6.07, 6.45) is 3.36. The van der Waals surface area contributed by atoms with E-state index >= 15 is 0 Å². The fourth-order valence-corrected chi connectivity index (χ4v) is 2.78. The Balaban J connectivity index is 2.23. The zero-order valence-electron chi connectivity index (χ0n) is 13.8. The highest BCUT2D eigenvalue weighted by Crippen LogP contribution is 2.26. The summed E-state index contributed by atoms with van der Waals surface area (Å²) < 4.78 is 7.35. The number of imidazole rings is 1. The summed E-state index contributed by atoms with van der Waals surface area (Å²) in [7, 11) is 1.62. The Hall–Kier alpha value is -3.13. The van der Waals surface area contributed by atoms with E-state index in [2.05, 4.69) is 28.7 Å². The molecule has 5 nitrogen and oxygen atoms in total. The molecule has 0 amide bonds. The number of methoxy groups -OCH3 is 1. The molecule has 2 heterocycles. The first-order valence-electron chi connectivity index (χ1n) is 7.66. The van der Waals surface area contributed by atoms with Crippen molar-refractivity contribution in [3.8, 4) is 29.0 Å². The minimum absolute atomic E-state index is 0.578. The number of benzene rings is 1. The van der Waals surface area contributed by atoms with Crippen LogP contribution in [-0.2, 0) is 11.2 Å². The van der Waals surface area contributed by atoms with Crippen LogP contribution in [0.3, 0.4) is 0 Å². The Morgan fingerprint density at radius 1 is 1.29 bits per heavy atom. The van der Waals surface area contributed by atoms with Crippen LogP contribution in [0, 0.1) is 18.8 Å². The van der Waals surface area contributed by atoms with Gasteiger partial charge in [-0.1, -0.05) is 31.0 Å². The molecule has 120 valence electrons. The number of aromatic nitrogens is 3. The number of nitrogens with zero attached hydrogens (tertiary/aromatic N) is 3. The average Bonchev–Trinajstić information content (AvgIpc) is 3.04. The van der Waals surface area contributed by atoms with Gasteiger partial charge in [0.2, 0.25) is 11.7 Å². The third kappa shape index (κ3) is 2.63. The first-order chi connectivity index (χ1) is 11.7. The number of rotatable bonds is 3. The molecule has 0 unspecified atom stereocenters. The van der Waals surface area contributed by atoms with Gasteiger partial charge >= 0.3 is 0 Å². The molecule has 5 heteroatoms. The molecular weight excluding hydrogens is 302 g/mol. The number of hydrogen-bond donors (Lipinski definition) is 0. The molecule has 0 radical (unpaired) electrons. The van der Waals surface area contributed by atoms with Crippen molar-refractivity contribution < 1.29 is 9.53 Å². The van der Waals surface area contributed by atoms with Crippen LogP contribution < -0.4 is 4.74 Å². The highest BCUT2D eigenvalue weighted by molar-refractivity contribution is 5.77. The fourth-order valence-electron chi connectivity index (χ4n) is 2.78. The molecule has 0 saturated heterocycles. The van der Waals surface area contributed by atoms with Crippen molar-refractivity contribution in [1.82, 2.24) is 14.4 Å². The topological polar surface area (TPSA) is 56.5 Å². The Bertz CT molecular complexity index is 977. The molecule has 0 aliphatic carbocycles. The molecule has 0 saturated carbocycles. The second kappa shape index (κ2) is 6.55. The SMILES string of the molecule is CCc1c(OC)nc2nc(-c3ccccc3C#CC=O)cn2c1C. The summed E-state index contributed by atoms with van der Waals surface area (Å²) >= 11 is 0. The highest BCUT2D eigenvalue weighted by atomic mass is 16.5. The second-order valence-electron chi connectivity index (χ2n) is 5.27. The van der Waals surface area contributed by atoms with E-state index in [0.29, 0.717) is 17.9 Å². The molecule has 3 aromatic rings. The second-order valence-corrected chi connectivity index (χ2v) is 5.27. The lowest BCUT2D eigenvalue weighted by Crippen LogP contribution is -2.03. The standard InChI is InChI=1S/C19H17N3O2/c1-4-15-13(2)22-12-17(20-19(22)21-18(15)24-3)16-10-6-5-8-14(16)9-7-11-23/h5-6,8,10-12H,4H2,1-3H3. The van der Waals surface area contributed by atoms with Crippen molar-refractivity contribution in [3.05, 3.63) is 47.3 Å².